The molecule has 1 aliphatic rings. The molecule has 1 amide bonds. The van der Waals surface area contributed by atoms with Crippen molar-refractivity contribution in [2.75, 3.05) is 19.0 Å². The number of hydrogen-bond acceptors (Lipinski definition) is 4. The predicted octanol–water partition coefficient (Wildman–Crippen LogP) is 2.28. The van der Waals surface area contributed by atoms with Crippen LogP contribution in [-0.2, 0) is 10.0 Å². The Kier molecular flexibility index (Phi) is 5.05. The molecule has 2 rings (SSSR count). The maximum atomic E-state index is 14.0. The number of carbonyl (C=O) groups excluding carboxylic acids is 1. The molecule has 0 saturated heterocycles. The van der Waals surface area contributed by atoms with E-state index < -0.39 is 27.0 Å². The second-order valence-electron chi connectivity index (χ2n) is 5.79. The molecule has 22 heavy (non-hydrogen) atoms. The first-order valence-electron chi connectivity index (χ1n) is 7.34. The summed E-state index contributed by atoms with van der Waals surface area (Å²) in [7, 11) is -0.246. The molecule has 1 aliphatic carbocycles. The van der Waals surface area contributed by atoms with Crippen molar-refractivity contribution >= 4 is 21.6 Å². The van der Waals surface area contributed by atoms with E-state index in [1.807, 2.05) is 4.72 Å². The van der Waals surface area contributed by atoms with Crippen LogP contribution in [0.5, 0.6) is 0 Å². The third-order valence-corrected chi connectivity index (χ3v) is 5.76. The zero-order chi connectivity index (χ0) is 16.3. The van der Waals surface area contributed by atoms with Crippen molar-refractivity contribution in [1.82, 2.24) is 4.72 Å². The minimum absolute atomic E-state index is 0.259. The topological polar surface area (TPSA) is 66.5 Å². The highest BCUT2D eigenvalue weighted by Crippen LogP contribution is 2.23. The smallest absolute Gasteiger partial charge is 0.267 e. The lowest BCUT2D eigenvalue weighted by atomic mass is 10.0. The van der Waals surface area contributed by atoms with Gasteiger partial charge >= 0.3 is 0 Å². The van der Waals surface area contributed by atoms with Crippen LogP contribution in [0.15, 0.2) is 18.2 Å². The Bertz CT molecular complexity index is 653. The molecule has 0 aromatic heterocycles. The van der Waals surface area contributed by atoms with Crippen molar-refractivity contribution < 1.29 is 17.6 Å². The van der Waals surface area contributed by atoms with Gasteiger partial charge < -0.3 is 4.90 Å². The molecule has 0 unspecified atom stereocenters. The maximum absolute atomic E-state index is 14.0. The van der Waals surface area contributed by atoms with Gasteiger partial charge in [0.2, 0.25) is 10.0 Å². The van der Waals surface area contributed by atoms with E-state index >= 15 is 0 Å². The summed E-state index contributed by atoms with van der Waals surface area (Å²) in [5, 5.41) is -0.561. The van der Waals surface area contributed by atoms with Crippen molar-refractivity contribution in [3.05, 3.63) is 29.6 Å². The van der Waals surface area contributed by atoms with Gasteiger partial charge in [-0.2, -0.15) is 0 Å². The van der Waals surface area contributed by atoms with Gasteiger partial charge in [0.1, 0.15) is 5.82 Å². The Morgan fingerprint density at radius 1 is 1.23 bits per heavy atom. The summed E-state index contributed by atoms with van der Waals surface area (Å²) in [6.07, 6.45) is 3.78. The molecule has 0 radical (unpaired) electrons. The minimum Gasteiger partial charge on any atom is -0.378 e. The molecule has 0 atom stereocenters. The van der Waals surface area contributed by atoms with Crippen molar-refractivity contribution in [2.24, 2.45) is 0 Å². The molecule has 0 spiro atoms. The van der Waals surface area contributed by atoms with Crippen LogP contribution in [0.2, 0.25) is 0 Å². The molecule has 7 heteroatoms. The van der Waals surface area contributed by atoms with E-state index in [-0.39, 0.29) is 5.56 Å². The molecule has 1 saturated carbocycles. The maximum Gasteiger partial charge on any atom is 0.267 e. The van der Waals surface area contributed by atoms with Gasteiger partial charge in [0.15, 0.2) is 0 Å². The van der Waals surface area contributed by atoms with Crippen LogP contribution >= 0.6 is 0 Å². The molecule has 1 aromatic rings. The van der Waals surface area contributed by atoms with E-state index in [9.17, 15) is 17.6 Å². The predicted molar refractivity (Wildman–Crippen MR) is 84.0 cm³/mol. The van der Waals surface area contributed by atoms with Gasteiger partial charge in [-0.1, -0.05) is 19.3 Å². The lowest BCUT2D eigenvalue weighted by molar-refractivity contribution is 0.0977. The Hall–Kier alpha value is -1.63. The fourth-order valence-corrected chi connectivity index (χ4v) is 4.10. The van der Waals surface area contributed by atoms with Gasteiger partial charge in [-0.25, -0.2) is 17.5 Å². The largest absolute Gasteiger partial charge is 0.378 e. The van der Waals surface area contributed by atoms with Crippen LogP contribution in [0, 0.1) is 5.82 Å². The lowest BCUT2D eigenvalue weighted by Crippen LogP contribution is -2.39. The third kappa shape index (κ3) is 3.76. The number of benzene rings is 1. The van der Waals surface area contributed by atoms with Crippen LogP contribution in [0.3, 0.4) is 0 Å². The Morgan fingerprint density at radius 2 is 1.86 bits per heavy atom. The first-order chi connectivity index (χ1) is 10.3. The van der Waals surface area contributed by atoms with Crippen LogP contribution < -0.4 is 9.62 Å². The van der Waals surface area contributed by atoms with Gasteiger partial charge in [0.25, 0.3) is 5.91 Å². The summed E-state index contributed by atoms with van der Waals surface area (Å²) in [5.74, 6) is -1.64. The second-order valence-corrected chi connectivity index (χ2v) is 7.76. The van der Waals surface area contributed by atoms with E-state index in [4.69, 9.17) is 0 Å². The standard InChI is InChI=1S/C15H21FN2O3S/c1-18(2)11-8-9-13(14(16)10-11)15(19)17-22(20,21)12-6-4-3-5-7-12/h8-10,12H,3-7H2,1-2H3,(H,17,19). The second kappa shape index (κ2) is 6.64. The highest BCUT2D eigenvalue weighted by atomic mass is 32.2. The molecule has 0 bridgehead atoms. The first-order valence-corrected chi connectivity index (χ1v) is 8.89. The number of carbonyl (C=O) groups is 1. The number of sulfonamides is 1. The molecule has 5 nitrogen and oxygen atoms in total. The van der Waals surface area contributed by atoms with E-state index in [0.717, 1.165) is 19.3 Å². The van der Waals surface area contributed by atoms with Gasteiger partial charge in [-0.05, 0) is 31.0 Å². The normalized spacial score (nSPS) is 16.3. The molecular formula is C15H21FN2O3S. The minimum atomic E-state index is -3.75. The fraction of sp³-hybridized carbons (Fsp3) is 0.533. The van der Waals surface area contributed by atoms with E-state index in [1.54, 1.807) is 25.1 Å². The zero-order valence-electron chi connectivity index (χ0n) is 12.8. The van der Waals surface area contributed by atoms with Crippen molar-refractivity contribution in [3.8, 4) is 0 Å². The molecule has 1 aromatic carbocycles. The van der Waals surface area contributed by atoms with Crippen molar-refractivity contribution in [3.63, 3.8) is 0 Å². The monoisotopic (exact) mass is 328 g/mol. The molecule has 1 N–H and O–H groups in total. The summed E-state index contributed by atoms with van der Waals surface area (Å²) < 4.78 is 40.4. The van der Waals surface area contributed by atoms with E-state index in [0.29, 0.717) is 18.5 Å². The number of nitrogens with one attached hydrogen (secondary N) is 1. The number of amides is 1. The average molecular weight is 328 g/mol. The van der Waals surface area contributed by atoms with Crippen LogP contribution in [0.1, 0.15) is 42.5 Å². The summed E-state index contributed by atoms with van der Waals surface area (Å²) in [5.41, 5.74) is 0.342. The summed E-state index contributed by atoms with van der Waals surface area (Å²) in [6.45, 7) is 0. The van der Waals surface area contributed by atoms with E-state index in [2.05, 4.69) is 0 Å². The Morgan fingerprint density at radius 3 is 2.41 bits per heavy atom. The summed E-state index contributed by atoms with van der Waals surface area (Å²) in [4.78, 5) is 13.8. The van der Waals surface area contributed by atoms with Gasteiger partial charge in [-0.3, -0.25) is 4.79 Å². The Balaban J connectivity index is 2.15. The van der Waals surface area contributed by atoms with Crippen molar-refractivity contribution in [1.29, 1.82) is 0 Å². The molecule has 1 fully saturated rings. The number of halogens is 1. The number of anilines is 1. The zero-order valence-corrected chi connectivity index (χ0v) is 13.6. The molecule has 0 heterocycles. The highest BCUT2D eigenvalue weighted by molar-refractivity contribution is 7.90. The van der Waals surface area contributed by atoms with Gasteiger partial charge in [0.05, 0.1) is 10.8 Å². The molecule has 0 aliphatic heterocycles. The summed E-state index contributed by atoms with van der Waals surface area (Å²) in [6, 6.07) is 4.09. The highest BCUT2D eigenvalue weighted by Gasteiger charge is 2.29. The fourth-order valence-electron chi connectivity index (χ4n) is 2.61. The third-order valence-electron chi connectivity index (χ3n) is 3.94. The van der Waals surface area contributed by atoms with Crippen LogP contribution in [0.25, 0.3) is 0 Å². The first kappa shape index (κ1) is 16.7. The Labute approximate surface area is 130 Å². The number of rotatable bonds is 4. The molecular weight excluding hydrogens is 307 g/mol. The summed E-state index contributed by atoms with van der Waals surface area (Å²) >= 11 is 0. The van der Waals surface area contributed by atoms with E-state index in [1.165, 1.54) is 12.1 Å². The molecule has 122 valence electrons. The number of hydrogen-bond donors (Lipinski definition) is 1. The SMILES string of the molecule is CN(C)c1ccc(C(=O)NS(=O)(=O)C2CCCCC2)c(F)c1. The van der Waals surface area contributed by atoms with Crippen molar-refractivity contribution in [2.45, 2.75) is 37.4 Å². The number of nitrogens with zero attached hydrogens (tertiary/aromatic N) is 1. The van der Waals surface area contributed by atoms with Crippen LogP contribution in [-0.4, -0.2) is 33.7 Å². The quantitative estimate of drug-likeness (QED) is 0.921. The van der Waals surface area contributed by atoms with Crippen LogP contribution in [0.4, 0.5) is 10.1 Å². The van der Waals surface area contributed by atoms with Gasteiger partial charge in [0, 0.05) is 19.8 Å². The average Bonchev–Trinajstić information content (AvgIpc) is 2.47. The van der Waals surface area contributed by atoms with Gasteiger partial charge in [-0.15, -0.1) is 0 Å². The lowest BCUT2D eigenvalue weighted by Gasteiger charge is -2.22.